The Balaban J connectivity index is 1.79. The van der Waals surface area contributed by atoms with Crippen LogP contribution in [-0.4, -0.2) is 42.0 Å². The lowest BCUT2D eigenvalue weighted by Crippen LogP contribution is -2.26. The van der Waals surface area contributed by atoms with Crippen molar-refractivity contribution in [3.63, 3.8) is 0 Å². The third-order valence-electron chi connectivity index (χ3n) is 3.71. The Morgan fingerprint density at radius 2 is 2.09 bits per heavy atom. The summed E-state index contributed by atoms with van der Waals surface area (Å²) >= 11 is 0. The van der Waals surface area contributed by atoms with Gasteiger partial charge in [0.25, 0.3) is 0 Å². The van der Waals surface area contributed by atoms with Crippen LogP contribution in [0.4, 0.5) is 0 Å². The number of aromatic nitrogens is 1. The highest BCUT2D eigenvalue weighted by molar-refractivity contribution is 5.51. The average Bonchev–Trinajstić information content (AvgIpc) is 3.02. The molecule has 0 bridgehead atoms. The maximum absolute atomic E-state index is 9.34. The van der Waals surface area contributed by atoms with Crippen LogP contribution in [0.5, 0.6) is 17.2 Å². The highest BCUT2D eigenvalue weighted by Gasteiger charge is 2.19. The third-order valence-corrected chi connectivity index (χ3v) is 3.71. The number of aliphatic hydroxyl groups is 1. The van der Waals surface area contributed by atoms with Gasteiger partial charge in [-0.25, -0.2) is 0 Å². The first-order valence-electron chi connectivity index (χ1n) is 7.49. The molecule has 1 aliphatic rings. The molecule has 0 amide bonds. The molecule has 1 N–H and O–H groups in total. The van der Waals surface area contributed by atoms with Crippen molar-refractivity contribution < 1.29 is 19.3 Å². The van der Waals surface area contributed by atoms with E-state index in [9.17, 15) is 5.11 Å². The summed E-state index contributed by atoms with van der Waals surface area (Å²) in [5.74, 6) is 2.18. The number of hydrogen-bond acceptors (Lipinski definition) is 6. The van der Waals surface area contributed by atoms with Crippen molar-refractivity contribution in [2.24, 2.45) is 0 Å². The van der Waals surface area contributed by atoms with E-state index in [2.05, 4.69) is 9.88 Å². The smallest absolute Gasteiger partial charge is 0.231 e. The summed E-state index contributed by atoms with van der Waals surface area (Å²) in [6.07, 6.45) is 3.59. The summed E-state index contributed by atoms with van der Waals surface area (Å²) in [6, 6.07) is 7.72. The molecule has 3 rings (SSSR count). The van der Waals surface area contributed by atoms with Crippen LogP contribution in [0.2, 0.25) is 0 Å². The summed E-state index contributed by atoms with van der Waals surface area (Å²) < 4.78 is 16.3. The SMILES string of the molecule is COc1cc2c(cc1CN(CCO)Cc1cccnc1)OCO2. The van der Waals surface area contributed by atoms with Gasteiger partial charge in [-0.3, -0.25) is 9.88 Å². The molecular formula is C17H20N2O4. The quantitative estimate of drug-likeness (QED) is 0.840. The highest BCUT2D eigenvalue weighted by Crippen LogP contribution is 2.38. The molecule has 1 aliphatic heterocycles. The van der Waals surface area contributed by atoms with Gasteiger partial charge in [0.2, 0.25) is 6.79 Å². The number of fused-ring (bicyclic) bond motifs is 1. The Hall–Kier alpha value is -2.31. The van der Waals surface area contributed by atoms with E-state index in [1.54, 1.807) is 13.3 Å². The van der Waals surface area contributed by atoms with Gasteiger partial charge < -0.3 is 19.3 Å². The fraction of sp³-hybridized carbons (Fsp3) is 0.353. The predicted octanol–water partition coefficient (Wildman–Crippen LogP) is 1.81. The van der Waals surface area contributed by atoms with Gasteiger partial charge in [-0.05, 0) is 17.7 Å². The first kappa shape index (κ1) is 15.6. The summed E-state index contributed by atoms with van der Waals surface area (Å²) in [5, 5.41) is 9.34. The normalized spacial score (nSPS) is 12.7. The second kappa shape index (κ2) is 7.30. The van der Waals surface area contributed by atoms with E-state index in [1.807, 2.05) is 30.5 Å². The molecule has 0 fully saturated rings. The number of rotatable bonds is 7. The van der Waals surface area contributed by atoms with Crippen molar-refractivity contribution >= 4 is 0 Å². The van der Waals surface area contributed by atoms with Crippen LogP contribution >= 0.6 is 0 Å². The van der Waals surface area contributed by atoms with Crippen molar-refractivity contribution in [3.05, 3.63) is 47.8 Å². The van der Waals surface area contributed by atoms with E-state index in [0.29, 0.717) is 25.4 Å². The van der Waals surface area contributed by atoms with Gasteiger partial charge >= 0.3 is 0 Å². The maximum Gasteiger partial charge on any atom is 0.231 e. The maximum atomic E-state index is 9.34. The molecule has 0 saturated heterocycles. The number of nitrogens with zero attached hydrogens (tertiary/aromatic N) is 2. The lowest BCUT2D eigenvalue weighted by Gasteiger charge is -2.22. The van der Waals surface area contributed by atoms with Gasteiger partial charge in [0.05, 0.1) is 13.7 Å². The molecule has 0 radical (unpaired) electrons. The van der Waals surface area contributed by atoms with Crippen molar-refractivity contribution in [2.75, 3.05) is 27.1 Å². The van der Waals surface area contributed by atoms with E-state index in [-0.39, 0.29) is 13.4 Å². The summed E-state index contributed by atoms with van der Waals surface area (Å²) in [6.45, 7) is 2.22. The number of methoxy groups -OCH3 is 1. The Bertz CT molecular complexity index is 649. The van der Waals surface area contributed by atoms with Crippen LogP contribution in [0.15, 0.2) is 36.7 Å². The molecule has 6 heteroatoms. The molecule has 0 aliphatic carbocycles. The van der Waals surface area contributed by atoms with Gasteiger partial charge in [0.1, 0.15) is 5.75 Å². The fourth-order valence-corrected chi connectivity index (χ4v) is 2.63. The molecule has 1 aromatic carbocycles. The fourth-order valence-electron chi connectivity index (χ4n) is 2.63. The Morgan fingerprint density at radius 3 is 2.78 bits per heavy atom. The van der Waals surface area contributed by atoms with E-state index >= 15 is 0 Å². The zero-order chi connectivity index (χ0) is 16.1. The van der Waals surface area contributed by atoms with Crippen molar-refractivity contribution in [2.45, 2.75) is 13.1 Å². The number of hydrogen-bond donors (Lipinski definition) is 1. The molecule has 6 nitrogen and oxygen atoms in total. The second-order valence-electron chi connectivity index (χ2n) is 5.31. The molecule has 2 heterocycles. The minimum Gasteiger partial charge on any atom is -0.496 e. The molecular weight excluding hydrogens is 296 g/mol. The monoisotopic (exact) mass is 316 g/mol. The van der Waals surface area contributed by atoms with E-state index < -0.39 is 0 Å². The van der Waals surface area contributed by atoms with Crippen molar-refractivity contribution in [1.82, 2.24) is 9.88 Å². The highest BCUT2D eigenvalue weighted by atomic mass is 16.7. The Labute approximate surface area is 135 Å². The van der Waals surface area contributed by atoms with Gasteiger partial charge in [-0.2, -0.15) is 0 Å². The zero-order valence-corrected chi connectivity index (χ0v) is 13.1. The molecule has 0 spiro atoms. The lowest BCUT2D eigenvalue weighted by molar-refractivity contribution is 0.173. The number of aliphatic hydroxyl groups excluding tert-OH is 1. The van der Waals surface area contributed by atoms with Crippen LogP contribution in [0.25, 0.3) is 0 Å². The molecule has 23 heavy (non-hydrogen) atoms. The summed E-state index contributed by atoms with van der Waals surface area (Å²) in [7, 11) is 1.64. The van der Waals surface area contributed by atoms with Crippen molar-refractivity contribution in [1.29, 1.82) is 0 Å². The van der Waals surface area contributed by atoms with Gasteiger partial charge in [0.15, 0.2) is 11.5 Å². The second-order valence-corrected chi connectivity index (χ2v) is 5.31. The minimum absolute atomic E-state index is 0.0904. The van der Waals surface area contributed by atoms with Crippen LogP contribution in [0, 0.1) is 0 Å². The van der Waals surface area contributed by atoms with E-state index in [1.165, 1.54) is 0 Å². The van der Waals surface area contributed by atoms with Gasteiger partial charge in [0, 0.05) is 43.7 Å². The number of ether oxygens (including phenoxy) is 3. The zero-order valence-electron chi connectivity index (χ0n) is 13.1. The van der Waals surface area contributed by atoms with E-state index in [0.717, 1.165) is 22.6 Å². The first-order valence-corrected chi connectivity index (χ1v) is 7.49. The minimum atomic E-state index is 0.0904. The van der Waals surface area contributed by atoms with Crippen LogP contribution in [0.1, 0.15) is 11.1 Å². The van der Waals surface area contributed by atoms with Gasteiger partial charge in [-0.15, -0.1) is 0 Å². The molecule has 0 unspecified atom stereocenters. The third kappa shape index (κ3) is 3.72. The Kier molecular flexibility index (Phi) is 4.95. The summed E-state index contributed by atoms with van der Waals surface area (Å²) in [5.41, 5.74) is 2.09. The summed E-state index contributed by atoms with van der Waals surface area (Å²) in [4.78, 5) is 6.27. The topological polar surface area (TPSA) is 64.1 Å². The average molecular weight is 316 g/mol. The van der Waals surface area contributed by atoms with Gasteiger partial charge in [-0.1, -0.05) is 6.07 Å². The molecule has 0 atom stereocenters. The Morgan fingerprint density at radius 1 is 1.26 bits per heavy atom. The predicted molar refractivity (Wildman–Crippen MR) is 84.6 cm³/mol. The number of benzene rings is 1. The molecule has 2 aromatic rings. The van der Waals surface area contributed by atoms with Crippen LogP contribution < -0.4 is 14.2 Å². The van der Waals surface area contributed by atoms with Crippen LogP contribution in [0.3, 0.4) is 0 Å². The van der Waals surface area contributed by atoms with Crippen molar-refractivity contribution in [3.8, 4) is 17.2 Å². The standard InChI is InChI=1S/C17H20N2O4/c1-21-15-8-17-16(22-12-23-17)7-14(15)11-19(5-6-20)10-13-3-2-4-18-9-13/h2-4,7-9,20H,5-6,10-12H2,1H3. The molecule has 0 saturated carbocycles. The first-order chi connectivity index (χ1) is 11.3. The molecule has 1 aromatic heterocycles. The largest absolute Gasteiger partial charge is 0.496 e. The van der Waals surface area contributed by atoms with E-state index in [4.69, 9.17) is 14.2 Å². The van der Waals surface area contributed by atoms with Crippen LogP contribution in [-0.2, 0) is 13.1 Å². The molecule has 122 valence electrons. The lowest BCUT2D eigenvalue weighted by atomic mass is 10.1. The number of pyridine rings is 1.